The molecule has 0 atom stereocenters. The number of thiocarbonyl (C=S) groups is 1. The topological polar surface area (TPSA) is 9.49 Å². The Bertz CT molecular complexity index is 1570. The van der Waals surface area contributed by atoms with Crippen LogP contribution in [0.2, 0.25) is 0 Å². The van der Waals surface area contributed by atoms with Crippen LogP contribution >= 0.6 is 23.6 Å². The molecule has 0 bridgehead atoms. The van der Waals surface area contributed by atoms with Gasteiger partial charge in [0, 0.05) is 0 Å². The Labute approximate surface area is 239 Å². The van der Waals surface area contributed by atoms with Crippen molar-refractivity contribution in [1.82, 2.24) is 9.48 Å². The molecule has 2 aromatic rings. The molecule has 1 aromatic carbocycles. The molecule has 6 heteroatoms. The molecule has 0 unspecified atom stereocenters. The quantitative estimate of drug-likeness (QED) is 0.122. The molecular formula is C31H34N3S2Te+. The van der Waals surface area contributed by atoms with Crippen LogP contribution in [0.25, 0.3) is 28.4 Å². The summed E-state index contributed by atoms with van der Waals surface area (Å²) in [5.41, 5.74) is 7.84. The van der Waals surface area contributed by atoms with Gasteiger partial charge in [0.1, 0.15) is 0 Å². The molecule has 0 spiro atoms. The first-order valence-electron chi connectivity index (χ1n) is 13.8. The first kappa shape index (κ1) is 24.3. The van der Waals surface area contributed by atoms with E-state index >= 15 is 0 Å². The maximum atomic E-state index is 6.02. The summed E-state index contributed by atoms with van der Waals surface area (Å²) in [4.78, 5) is 8.85. The van der Waals surface area contributed by atoms with E-state index in [4.69, 9.17) is 12.2 Å². The number of fused-ring (bicyclic) bond motifs is 3. The van der Waals surface area contributed by atoms with E-state index in [0.29, 0.717) is 0 Å². The maximum absolute atomic E-state index is 6.02. The predicted molar refractivity (Wildman–Crippen MR) is 164 cm³/mol. The van der Waals surface area contributed by atoms with Crippen molar-refractivity contribution in [2.45, 2.75) is 44.9 Å². The molecule has 0 saturated carbocycles. The Morgan fingerprint density at radius 2 is 1.73 bits per heavy atom. The van der Waals surface area contributed by atoms with Crippen molar-refractivity contribution in [2.24, 2.45) is 0 Å². The molecule has 0 N–H and O–H groups in total. The number of likely N-dealkylation sites (tertiary alicyclic amines) is 1. The second-order valence-electron chi connectivity index (χ2n) is 11.0. The average Bonchev–Trinajstić information content (AvgIpc) is 3.42. The summed E-state index contributed by atoms with van der Waals surface area (Å²) in [5, 5.41) is 2.86. The average molecular weight is 640 g/mol. The Kier molecular flexibility index (Phi) is 6.44. The Hall–Kier alpha value is -1.71. The van der Waals surface area contributed by atoms with Crippen molar-refractivity contribution in [3.8, 4) is 19.6 Å². The summed E-state index contributed by atoms with van der Waals surface area (Å²) >= 11 is 7.47. The van der Waals surface area contributed by atoms with Crippen LogP contribution in [0.15, 0.2) is 36.4 Å². The van der Waals surface area contributed by atoms with Gasteiger partial charge in [0.25, 0.3) is 0 Å². The minimum atomic E-state index is -0.469. The van der Waals surface area contributed by atoms with Crippen LogP contribution in [0.4, 0.5) is 5.69 Å². The van der Waals surface area contributed by atoms with E-state index in [1.165, 1.54) is 84.3 Å². The van der Waals surface area contributed by atoms with E-state index in [-0.39, 0.29) is 0 Å². The summed E-state index contributed by atoms with van der Waals surface area (Å²) in [6.45, 7) is 4.69. The summed E-state index contributed by atoms with van der Waals surface area (Å²) in [7, 11) is 4.32. The number of piperidine rings is 1. The van der Waals surface area contributed by atoms with E-state index in [1.807, 2.05) is 11.3 Å². The van der Waals surface area contributed by atoms with E-state index in [2.05, 4.69) is 64.9 Å². The van der Waals surface area contributed by atoms with Crippen molar-refractivity contribution in [3.05, 3.63) is 57.8 Å². The second-order valence-corrected chi connectivity index (χ2v) is 15.5. The zero-order valence-electron chi connectivity index (χ0n) is 21.8. The molecule has 1 fully saturated rings. The van der Waals surface area contributed by atoms with Crippen LogP contribution in [-0.2, 0) is 12.8 Å². The fraction of sp³-hybridized carbons (Fsp3) is 0.419. The number of hydrogen-bond donors (Lipinski definition) is 0. The SMILES string of the molecule is C[N+](C)=c1ccc2c(-c3ccc(C(=S)N4CCCCC4)s3)c3cc4c5c(c3[te]c-2c1)CCCN5CCC4. The monoisotopic (exact) mass is 642 g/mol. The third-order valence-corrected chi connectivity index (χ3v) is 13.6. The number of anilines is 1. The molecule has 1 aliphatic carbocycles. The molecule has 5 heterocycles. The Morgan fingerprint density at radius 3 is 2.54 bits per heavy atom. The van der Waals surface area contributed by atoms with Gasteiger partial charge in [-0.3, -0.25) is 0 Å². The van der Waals surface area contributed by atoms with E-state index < -0.39 is 20.4 Å². The zero-order chi connectivity index (χ0) is 25.1. The van der Waals surface area contributed by atoms with Crippen LogP contribution in [-0.4, -0.2) is 70.6 Å². The summed E-state index contributed by atoms with van der Waals surface area (Å²) in [6.07, 6.45) is 8.91. The first-order chi connectivity index (χ1) is 18.1. The number of hydrogen-bond acceptors (Lipinski definition) is 3. The van der Waals surface area contributed by atoms with Gasteiger partial charge in [-0.2, -0.15) is 0 Å². The molecule has 0 amide bonds. The van der Waals surface area contributed by atoms with Gasteiger partial charge in [0.2, 0.25) is 0 Å². The molecule has 5 aliphatic rings. The van der Waals surface area contributed by atoms with Crippen LogP contribution in [0.3, 0.4) is 0 Å². The first-order valence-corrected chi connectivity index (χ1v) is 17.3. The summed E-state index contributed by atoms with van der Waals surface area (Å²) < 4.78 is 5.56. The molecule has 37 heavy (non-hydrogen) atoms. The minimum absolute atomic E-state index is 0.469. The molecule has 4 aliphatic heterocycles. The fourth-order valence-corrected chi connectivity index (χ4v) is 11.6. The summed E-state index contributed by atoms with van der Waals surface area (Å²) in [6, 6.07) is 14.5. The number of rotatable bonds is 2. The number of thiophene rings is 1. The Balaban J connectivity index is 1.48. The van der Waals surface area contributed by atoms with Crippen LogP contribution in [0.1, 0.15) is 48.1 Å². The van der Waals surface area contributed by atoms with Crippen molar-refractivity contribution >= 4 is 63.4 Å². The van der Waals surface area contributed by atoms with Gasteiger partial charge in [-0.05, 0) is 0 Å². The molecule has 190 valence electrons. The van der Waals surface area contributed by atoms with Gasteiger partial charge >= 0.3 is 240 Å². The van der Waals surface area contributed by atoms with Crippen molar-refractivity contribution < 1.29 is 0 Å². The normalized spacial score (nSPS) is 17.4. The van der Waals surface area contributed by atoms with Gasteiger partial charge in [-0.15, -0.1) is 0 Å². The zero-order valence-corrected chi connectivity index (χ0v) is 25.8. The van der Waals surface area contributed by atoms with Crippen LogP contribution in [0, 0.1) is 0 Å². The van der Waals surface area contributed by atoms with Gasteiger partial charge < -0.3 is 0 Å². The molecule has 3 nitrogen and oxygen atoms in total. The third-order valence-electron chi connectivity index (χ3n) is 8.41. The van der Waals surface area contributed by atoms with E-state index in [9.17, 15) is 0 Å². The number of aryl methyl sites for hydroxylation is 2. The molecule has 1 aromatic heterocycles. The third kappa shape index (κ3) is 4.20. The van der Waals surface area contributed by atoms with Gasteiger partial charge in [0.05, 0.1) is 0 Å². The van der Waals surface area contributed by atoms with Crippen molar-refractivity contribution in [1.29, 1.82) is 0 Å². The fourth-order valence-electron chi connectivity index (χ4n) is 6.57. The summed E-state index contributed by atoms with van der Waals surface area (Å²) in [5.74, 6) is 0. The van der Waals surface area contributed by atoms with Crippen LogP contribution < -0.4 is 14.8 Å². The number of nitrogens with zero attached hydrogens (tertiary/aromatic N) is 3. The van der Waals surface area contributed by atoms with Crippen LogP contribution in [0.5, 0.6) is 0 Å². The standard InChI is InChI=1S/C31H34N3S2Te/c1-32(2)21-10-11-22-27(19-21)37-30-23-9-7-17-33-16-6-8-20(29(23)33)18-24(30)28(22)25-12-13-26(36-25)31(35)34-14-4-3-5-15-34/h10-13,18-19H,3-9,14-17H2,1-2H3/q+1. The van der Waals surface area contributed by atoms with Crippen molar-refractivity contribution in [3.63, 3.8) is 0 Å². The van der Waals surface area contributed by atoms with Gasteiger partial charge in [-0.25, -0.2) is 0 Å². The molecule has 0 radical (unpaired) electrons. The predicted octanol–water partition coefficient (Wildman–Crippen LogP) is 5.62. The second kappa shape index (κ2) is 9.79. The Morgan fingerprint density at radius 1 is 0.919 bits per heavy atom. The van der Waals surface area contributed by atoms with E-state index in [0.717, 1.165) is 18.1 Å². The number of benzene rings is 2. The van der Waals surface area contributed by atoms with E-state index in [1.54, 1.807) is 29.2 Å². The van der Waals surface area contributed by atoms with Gasteiger partial charge in [-0.1, -0.05) is 0 Å². The van der Waals surface area contributed by atoms with Gasteiger partial charge in [0.15, 0.2) is 0 Å². The molecule has 7 rings (SSSR count). The molecular weight excluding hydrogens is 606 g/mol. The molecule has 1 saturated heterocycles. The van der Waals surface area contributed by atoms with Crippen molar-refractivity contribution in [2.75, 3.05) is 45.2 Å².